The van der Waals surface area contributed by atoms with E-state index in [0.717, 1.165) is 11.1 Å². The van der Waals surface area contributed by atoms with Gasteiger partial charge >= 0.3 is 0 Å². The monoisotopic (exact) mass is 477 g/mol. The summed E-state index contributed by atoms with van der Waals surface area (Å²) in [6, 6.07) is -0.0864. The first-order valence-corrected chi connectivity index (χ1v) is 12.5. The number of hydrogen-bond donors (Lipinski definition) is 4. The van der Waals surface area contributed by atoms with E-state index in [1.807, 2.05) is 13.8 Å². The second-order valence-electron chi connectivity index (χ2n) is 8.38. The van der Waals surface area contributed by atoms with E-state index in [1.54, 1.807) is 10.9 Å². The topological polar surface area (TPSA) is 184 Å². The minimum Gasteiger partial charge on any atom is -0.381 e. The standard InChI is InChI=1S/C20H27N7O5S/c1-3-27-18-16(11(2)25-27)17(24-12-4-6-33(30,31)7-5-12)13(10-23-18)14-8-20(19(22)29,32-26-14)9-15(21)28/h8,10,12,26H,3-7,9H2,1-2H3,(H2,21,28)(H2,22,29)(H,23,24). The number of primary amides is 2. The molecule has 0 saturated carbocycles. The lowest BCUT2D eigenvalue weighted by Crippen LogP contribution is -2.46. The van der Waals surface area contributed by atoms with Crippen LogP contribution in [-0.4, -0.2) is 58.1 Å². The minimum absolute atomic E-state index is 0.0864. The van der Waals surface area contributed by atoms with Crippen LogP contribution in [0.3, 0.4) is 0 Å². The molecule has 0 aromatic carbocycles. The van der Waals surface area contributed by atoms with Crippen molar-refractivity contribution in [3.8, 4) is 0 Å². The van der Waals surface area contributed by atoms with Gasteiger partial charge in [-0.2, -0.15) is 5.10 Å². The van der Waals surface area contributed by atoms with E-state index in [0.29, 0.717) is 42.0 Å². The third-order valence-electron chi connectivity index (χ3n) is 6.00. The first kappa shape index (κ1) is 23.0. The number of pyridine rings is 1. The van der Waals surface area contributed by atoms with Gasteiger partial charge in [-0.1, -0.05) is 0 Å². The zero-order valence-electron chi connectivity index (χ0n) is 18.4. The van der Waals surface area contributed by atoms with E-state index in [-0.39, 0.29) is 17.5 Å². The van der Waals surface area contributed by atoms with Crippen molar-refractivity contribution in [3.63, 3.8) is 0 Å². The van der Waals surface area contributed by atoms with Gasteiger partial charge in [0.1, 0.15) is 9.84 Å². The number of amides is 2. The maximum Gasteiger partial charge on any atom is 0.257 e. The highest BCUT2D eigenvalue weighted by molar-refractivity contribution is 7.91. The largest absolute Gasteiger partial charge is 0.381 e. The number of anilines is 1. The summed E-state index contributed by atoms with van der Waals surface area (Å²) >= 11 is 0. The van der Waals surface area contributed by atoms with E-state index in [1.165, 1.54) is 6.08 Å². The molecule has 0 spiro atoms. The molecule has 2 aromatic heterocycles. The number of hydroxylamine groups is 1. The van der Waals surface area contributed by atoms with Crippen molar-refractivity contribution in [2.45, 2.75) is 51.3 Å². The Bertz CT molecular complexity index is 1260. The molecule has 2 aliphatic rings. The first-order chi connectivity index (χ1) is 15.5. The molecule has 2 aromatic rings. The van der Waals surface area contributed by atoms with Crippen molar-refractivity contribution in [2.75, 3.05) is 16.8 Å². The summed E-state index contributed by atoms with van der Waals surface area (Å²) in [5.74, 6) is -1.40. The molecule has 0 aliphatic carbocycles. The van der Waals surface area contributed by atoms with Gasteiger partial charge in [-0.05, 0) is 32.8 Å². The second-order valence-corrected chi connectivity index (χ2v) is 10.7. The lowest BCUT2D eigenvalue weighted by atomic mass is 9.96. The normalized spacial score (nSPS) is 22.7. The fraction of sp³-hybridized carbons (Fsp3) is 0.500. The number of fused-ring (bicyclic) bond motifs is 1. The number of aromatic nitrogens is 3. The van der Waals surface area contributed by atoms with Crippen LogP contribution in [0.5, 0.6) is 0 Å². The molecule has 0 bridgehead atoms. The van der Waals surface area contributed by atoms with Crippen LogP contribution in [0.2, 0.25) is 0 Å². The highest BCUT2D eigenvalue weighted by Gasteiger charge is 2.43. The Morgan fingerprint density at radius 2 is 2.03 bits per heavy atom. The first-order valence-electron chi connectivity index (χ1n) is 10.6. The van der Waals surface area contributed by atoms with Crippen LogP contribution in [-0.2, 0) is 30.8 Å². The van der Waals surface area contributed by atoms with Gasteiger partial charge in [-0.3, -0.25) is 19.9 Å². The molecule has 33 heavy (non-hydrogen) atoms. The number of sulfone groups is 1. The van der Waals surface area contributed by atoms with Crippen molar-refractivity contribution in [1.29, 1.82) is 0 Å². The molecule has 1 fully saturated rings. The van der Waals surface area contributed by atoms with Crippen LogP contribution < -0.4 is 22.3 Å². The van der Waals surface area contributed by atoms with Crippen molar-refractivity contribution in [1.82, 2.24) is 20.2 Å². The van der Waals surface area contributed by atoms with Gasteiger partial charge < -0.3 is 16.8 Å². The summed E-state index contributed by atoms with van der Waals surface area (Å²) in [6.45, 7) is 4.44. The maximum atomic E-state index is 12.1. The number of aryl methyl sites for hydroxylation is 2. The number of nitrogens with zero attached hydrogens (tertiary/aromatic N) is 3. The van der Waals surface area contributed by atoms with Gasteiger partial charge in [0, 0.05) is 24.3 Å². The summed E-state index contributed by atoms with van der Waals surface area (Å²) in [6.07, 6.45) is 3.54. The molecule has 4 heterocycles. The molecular formula is C20H27N7O5S. The zero-order valence-corrected chi connectivity index (χ0v) is 19.2. The van der Waals surface area contributed by atoms with Crippen molar-refractivity contribution in [3.05, 3.63) is 23.5 Å². The van der Waals surface area contributed by atoms with Gasteiger partial charge in [-0.15, -0.1) is 0 Å². The van der Waals surface area contributed by atoms with Gasteiger partial charge in [0.05, 0.1) is 40.4 Å². The van der Waals surface area contributed by atoms with Gasteiger partial charge in [0.25, 0.3) is 5.91 Å². The van der Waals surface area contributed by atoms with Crippen LogP contribution in [0.4, 0.5) is 5.69 Å². The Morgan fingerprint density at radius 1 is 1.33 bits per heavy atom. The van der Waals surface area contributed by atoms with Crippen LogP contribution in [0, 0.1) is 6.92 Å². The fourth-order valence-electron chi connectivity index (χ4n) is 4.26. The highest BCUT2D eigenvalue weighted by Crippen LogP contribution is 2.37. The number of hydrogen-bond acceptors (Lipinski definition) is 9. The maximum absolute atomic E-state index is 12.1. The third-order valence-corrected chi connectivity index (χ3v) is 7.72. The van der Waals surface area contributed by atoms with E-state index in [2.05, 4.69) is 20.9 Å². The van der Waals surface area contributed by atoms with Gasteiger partial charge in [0.15, 0.2) is 5.65 Å². The number of rotatable bonds is 7. The predicted octanol–water partition coefficient (Wildman–Crippen LogP) is -0.276. The predicted molar refractivity (Wildman–Crippen MR) is 121 cm³/mol. The highest BCUT2D eigenvalue weighted by atomic mass is 32.2. The molecule has 6 N–H and O–H groups in total. The zero-order chi connectivity index (χ0) is 24.0. The van der Waals surface area contributed by atoms with Crippen LogP contribution in [0.1, 0.15) is 37.4 Å². The summed E-state index contributed by atoms with van der Waals surface area (Å²) < 4.78 is 25.6. The number of carbonyl (C=O) groups excluding carboxylic acids is 2. The average Bonchev–Trinajstić information content (AvgIpc) is 3.31. The lowest BCUT2D eigenvalue weighted by molar-refractivity contribution is -0.145. The smallest absolute Gasteiger partial charge is 0.257 e. The van der Waals surface area contributed by atoms with Gasteiger partial charge in [-0.25, -0.2) is 18.1 Å². The molecule has 13 heteroatoms. The quantitative estimate of drug-likeness (QED) is 0.416. The number of carbonyl (C=O) groups is 2. The summed E-state index contributed by atoms with van der Waals surface area (Å²) in [5, 5.41) is 8.82. The number of nitrogens with one attached hydrogen (secondary N) is 2. The van der Waals surface area contributed by atoms with Crippen LogP contribution in [0.15, 0.2) is 12.3 Å². The van der Waals surface area contributed by atoms with Crippen LogP contribution in [0.25, 0.3) is 16.7 Å². The Kier molecular flexibility index (Phi) is 5.78. The molecule has 2 amide bonds. The molecule has 1 saturated heterocycles. The van der Waals surface area contributed by atoms with E-state index in [9.17, 15) is 18.0 Å². The van der Waals surface area contributed by atoms with E-state index in [4.69, 9.17) is 16.3 Å². The van der Waals surface area contributed by atoms with Crippen LogP contribution >= 0.6 is 0 Å². The lowest BCUT2D eigenvalue weighted by Gasteiger charge is -2.26. The van der Waals surface area contributed by atoms with Gasteiger partial charge in [0.2, 0.25) is 11.5 Å². The summed E-state index contributed by atoms with van der Waals surface area (Å²) in [4.78, 5) is 33.7. The molecule has 1 atom stereocenters. The molecule has 4 rings (SSSR count). The second kappa shape index (κ2) is 8.30. The van der Waals surface area contributed by atoms with Crippen molar-refractivity contribution in [2.24, 2.45) is 11.5 Å². The molecule has 1 unspecified atom stereocenters. The summed E-state index contributed by atoms with van der Waals surface area (Å²) in [5.41, 5.74) is 14.8. The molecule has 2 aliphatic heterocycles. The minimum atomic E-state index is -3.03. The van der Waals surface area contributed by atoms with Crippen molar-refractivity contribution >= 4 is 44.1 Å². The SMILES string of the molecule is CCn1nc(C)c2c(NC3CCS(=O)(=O)CC3)c(C3=CC(CC(N)=O)(C(N)=O)ON3)cnc21. The van der Waals surface area contributed by atoms with E-state index < -0.39 is 33.7 Å². The average molecular weight is 478 g/mol. The molecule has 0 radical (unpaired) electrons. The molecule has 12 nitrogen and oxygen atoms in total. The number of nitrogens with two attached hydrogens (primary N) is 2. The Morgan fingerprint density at radius 3 is 2.64 bits per heavy atom. The third kappa shape index (κ3) is 4.25. The fourth-order valence-corrected chi connectivity index (χ4v) is 5.75. The summed E-state index contributed by atoms with van der Waals surface area (Å²) in [7, 11) is -3.03. The molecular weight excluding hydrogens is 450 g/mol. The van der Waals surface area contributed by atoms with E-state index >= 15 is 0 Å². The van der Waals surface area contributed by atoms with Crippen molar-refractivity contribution < 1.29 is 22.8 Å². The Balaban J connectivity index is 1.82. The Labute approximate surface area is 190 Å². The Hall–Kier alpha value is -3.19. The molecule has 178 valence electrons.